The number of nitrogens with one attached hydrogen (secondary N) is 2. The van der Waals surface area contributed by atoms with Crippen molar-refractivity contribution >= 4 is 5.91 Å². The monoisotopic (exact) mass is 262 g/mol. The standard InChI is InChI=1S/C14H22N4O/c1-15-14(19)11-18-8-4-13(5-9-18)17-10-12-2-6-16-7-3-12/h2-3,6-7,13,17H,4-5,8-11H2,1H3,(H,15,19). The Labute approximate surface area is 114 Å². The summed E-state index contributed by atoms with van der Waals surface area (Å²) in [5.74, 6) is 0.100. The van der Waals surface area contributed by atoms with Crippen LogP contribution in [0.3, 0.4) is 0 Å². The van der Waals surface area contributed by atoms with Crippen molar-refractivity contribution in [2.24, 2.45) is 0 Å². The Bertz CT molecular complexity index is 388. The number of likely N-dealkylation sites (tertiary alicyclic amines) is 1. The summed E-state index contributed by atoms with van der Waals surface area (Å²) in [7, 11) is 1.69. The summed E-state index contributed by atoms with van der Waals surface area (Å²) >= 11 is 0. The van der Waals surface area contributed by atoms with Crippen LogP contribution in [0.1, 0.15) is 18.4 Å². The first-order valence-corrected chi connectivity index (χ1v) is 6.83. The van der Waals surface area contributed by atoms with E-state index >= 15 is 0 Å². The molecular formula is C14H22N4O. The molecule has 2 N–H and O–H groups in total. The minimum Gasteiger partial charge on any atom is -0.358 e. The van der Waals surface area contributed by atoms with Crippen molar-refractivity contribution in [3.8, 4) is 0 Å². The molecule has 0 radical (unpaired) electrons. The number of pyridine rings is 1. The highest BCUT2D eigenvalue weighted by Gasteiger charge is 2.19. The molecule has 2 heterocycles. The van der Waals surface area contributed by atoms with Crippen molar-refractivity contribution in [2.75, 3.05) is 26.7 Å². The number of carbonyl (C=O) groups excluding carboxylic acids is 1. The van der Waals surface area contributed by atoms with E-state index in [1.54, 1.807) is 7.05 Å². The summed E-state index contributed by atoms with van der Waals surface area (Å²) in [6.45, 7) is 3.39. The molecular weight excluding hydrogens is 240 g/mol. The number of hydrogen-bond donors (Lipinski definition) is 2. The fourth-order valence-corrected chi connectivity index (χ4v) is 2.34. The van der Waals surface area contributed by atoms with Crippen LogP contribution in [0.4, 0.5) is 0 Å². The molecule has 1 amide bonds. The molecule has 0 saturated carbocycles. The van der Waals surface area contributed by atoms with Gasteiger partial charge in [0.25, 0.3) is 0 Å². The Morgan fingerprint density at radius 2 is 2.05 bits per heavy atom. The minimum atomic E-state index is 0.100. The van der Waals surface area contributed by atoms with Crippen molar-refractivity contribution in [3.05, 3.63) is 30.1 Å². The van der Waals surface area contributed by atoms with Crippen LogP contribution in [0.15, 0.2) is 24.5 Å². The zero-order valence-electron chi connectivity index (χ0n) is 11.4. The van der Waals surface area contributed by atoms with Gasteiger partial charge in [-0.05, 0) is 30.5 Å². The van der Waals surface area contributed by atoms with E-state index < -0.39 is 0 Å². The number of nitrogens with zero attached hydrogens (tertiary/aromatic N) is 2. The van der Waals surface area contributed by atoms with Gasteiger partial charge < -0.3 is 10.6 Å². The van der Waals surface area contributed by atoms with Crippen LogP contribution < -0.4 is 10.6 Å². The highest BCUT2D eigenvalue weighted by atomic mass is 16.1. The Hall–Kier alpha value is -1.46. The van der Waals surface area contributed by atoms with Gasteiger partial charge in [-0.2, -0.15) is 0 Å². The topological polar surface area (TPSA) is 57.3 Å². The van der Waals surface area contributed by atoms with E-state index in [9.17, 15) is 4.79 Å². The minimum absolute atomic E-state index is 0.100. The molecule has 0 atom stereocenters. The molecule has 104 valence electrons. The second-order valence-corrected chi connectivity index (χ2v) is 4.96. The van der Waals surface area contributed by atoms with E-state index in [0.29, 0.717) is 12.6 Å². The number of rotatable bonds is 5. The van der Waals surface area contributed by atoms with Gasteiger partial charge in [0.05, 0.1) is 6.54 Å². The maximum Gasteiger partial charge on any atom is 0.233 e. The van der Waals surface area contributed by atoms with Crippen LogP contribution in [0.5, 0.6) is 0 Å². The van der Waals surface area contributed by atoms with Gasteiger partial charge in [0.15, 0.2) is 0 Å². The van der Waals surface area contributed by atoms with Gasteiger partial charge >= 0.3 is 0 Å². The quantitative estimate of drug-likeness (QED) is 0.805. The van der Waals surface area contributed by atoms with E-state index in [1.165, 1.54) is 5.56 Å². The first-order valence-electron chi connectivity index (χ1n) is 6.83. The molecule has 0 spiro atoms. The van der Waals surface area contributed by atoms with E-state index in [4.69, 9.17) is 0 Å². The Balaban J connectivity index is 1.67. The number of hydrogen-bond acceptors (Lipinski definition) is 4. The average Bonchev–Trinajstić information content (AvgIpc) is 2.47. The van der Waals surface area contributed by atoms with Crippen molar-refractivity contribution in [1.29, 1.82) is 0 Å². The van der Waals surface area contributed by atoms with Crippen molar-refractivity contribution in [2.45, 2.75) is 25.4 Å². The Kier molecular flexibility index (Phi) is 5.30. The second-order valence-electron chi connectivity index (χ2n) is 4.96. The van der Waals surface area contributed by atoms with Crippen LogP contribution in [0.2, 0.25) is 0 Å². The SMILES string of the molecule is CNC(=O)CN1CCC(NCc2ccncc2)CC1. The van der Waals surface area contributed by atoms with Crippen LogP contribution in [-0.4, -0.2) is 48.5 Å². The first-order chi connectivity index (χ1) is 9.28. The van der Waals surface area contributed by atoms with E-state index in [0.717, 1.165) is 32.5 Å². The van der Waals surface area contributed by atoms with Gasteiger partial charge in [-0.25, -0.2) is 0 Å². The maximum atomic E-state index is 11.3. The highest BCUT2D eigenvalue weighted by molar-refractivity contribution is 5.77. The molecule has 5 nitrogen and oxygen atoms in total. The van der Waals surface area contributed by atoms with Crippen LogP contribution >= 0.6 is 0 Å². The summed E-state index contributed by atoms with van der Waals surface area (Å²) in [5, 5.41) is 6.24. The van der Waals surface area contributed by atoms with Crippen molar-refractivity contribution in [1.82, 2.24) is 20.5 Å². The molecule has 1 aromatic heterocycles. The van der Waals surface area contributed by atoms with Crippen LogP contribution in [-0.2, 0) is 11.3 Å². The molecule has 1 fully saturated rings. The van der Waals surface area contributed by atoms with Crippen molar-refractivity contribution in [3.63, 3.8) is 0 Å². The smallest absolute Gasteiger partial charge is 0.233 e. The third-order valence-electron chi connectivity index (χ3n) is 3.58. The van der Waals surface area contributed by atoms with Gasteiger partial charge in [-0.3, -0.25) is 14.7 Å². The molecule has 0 bridgehead atoms. The molecule has 5 heteroatoms. The molecule has 0 unspecified atom stereocenters. The summed E-state index contributed by atoms with van der Waals surface area (Å²) in [6.07, 6.45) is 5.84. The summed E-state index contributed by atoms with van der Waals surface area (Å²) in [6, 6.07) is 4.62. The lowest BCUT2D eigenvalue weighted by atomic mass is 10.0. The molecule has 2 rings (SSSR count). The third-order valence-corrected chi connectivity index (χ3v) is 3.58. The second kappa shape index (κ2) is 7.21. The van der Waals surface area contributed by atoms with Gasteiger partial charge in [0.1, 0.15) is 0 Å². The summed E-state index contributed by atoms with van der Waals surface area (Å²) in [5.41, 5.74) is 1.27. The molecule has 0 aliphatic carbocycles. The number of carbonyl (C=O) groups is 1. The Morgan fingerprint density at radius 3 is 2.68 bits per heavy atom. The zero-order chi connectivity index (χ0) is 13.5. The molecule has 1 aliphatic heterocycles. The van der Waals surface area contributed by atoms with Gasteiger partial charge in [-0.15, -0.1) is 0 Å². The molecule has 0 aromatic carbocycles. The Morgan fingerprint density at radius 1 is 1.37 bits per heavy atom. The van der Waals surface area contributed by atoms with E-state index in [-0.39, 0.29) is 5.91 Å². The molecule has 1 aliphatic rings. The number of amides is 1. The molecule has 1 aromatic rings. The summed E-state index contributed by atoms with van der Waals surface area (Å²) in [4.78, 5) is 17.5. The number of piperidine rings is 1. The van der Waals surface area contributed by atoms with Crippen molar-refractivity contribution < 1.29 is 4.79 Å². The van der Waals surface area contributed by atoms with Gasteiger partial charge in [-0.1, -0.05) is 0 Å². The van der Waals surface area contributed by atoms with Crippen LogP contribution in [0.25, 0.3) is 0 Å². The fraction of sp³-hybridized carbons (Fsp3) is 0.571. The molecule has 1 saturated heterocycles. The fourth-order valence-electron chi connectivity index (χ4n) is 2.34. The van der Waals surface area contributed by atoms with E-state index in [1.807, 2.05) is 24.5 Å². The molecule has 19 heavy (non-hydrogen) atoms. The van der Waals surface area contributed by atoms with Crippen LogP contribution in [0, 0.1) is 0 Å². The highest BCUT2D eigenvalue weighted by Crippen LogP contribution is 2.10. The normalized spacial score (nSPS) is 17.3. The predicted molar refractivity (Wildman–Crippen MR) is 74.6 cm³/mol. The first kappa shape index (κ1) is 14.0. The lowest BCUT2D eigenvalue weighted by molar-refractivity contribution is -0.122. The van der Waals surface area contributed by atoms with Gasteiger partial charge in [0, 0.05) is 45.1 Å². The maximum absolute atomic E-state index is 11.3. The number of aromatic nitrogens is 1. The largest absolute Gasteiger partial charge is 0.358 e. The van der Waals surface area contributed by atoms with E-state index in [2.05, 4.69) is 20.5 Å². The zero-order valence-corrected chi connectivity index (χ0v) is 11.4. The lowest BCUT2D eigenvalue weighted by Crippen LogP contribution is -2.45. The predicted octanol–water partition coefficient (Wildman–Crippen LogP) is 0.382. The lowest BCUT2D eigenvalue weighted by Gasteiger charge is -2.31. The third kappa shape index (κ3) is 4.61. The number of likely N-dealkylation sites (N-methyl/N-ethyl adjacent to an activating group) is 1. The summed E-state index contributed by atoms with van der Waals surface area (Å²) < 4.78 is 0. The average molecular weight is 262 g/mol. The van der Waals surface area contributed by atoms with Gasteiger partial charge in [0.2, 0.25) is 5.91 Å².